The predicted octanol–water partition coefficient (Wildman–Crippen LogP) is 2.68. The number of benzene rings is 1. The highest BCUT2D eigenvalue weighted by atomic mass is 16.6. The molecule has 3 rings (SSSR count). The van der Waals surface area contributed by atoms with Crippen LogP contribution >= 0.6 is 0 Å². The van der Waals surface area contributed by atoms with Gasteiger partial charge in [-0.2, -0.15) is 0 Å². The number of nitrogens with zero attached hydrogens (tertiary/aromatic N) is 2. The van der Waals surface area contributed by atoms with Gasteiger partial charge in [0, 0.05) is 24.5 Å². The second-order valence-corrected chi connectivity index (χ2v) is 4.69. The minimum Gasteiger partial charge on any atom is -0.402 e. The molecule has 4 heteroatoms. The van der Waals surface area contributed by atoms with Crippen LogP contribution in [0.2, 0.25) is 0 Å². The number of cyclic esters (lactones) is 1. The number of hydrogen-bond donors (Lipinski definition) is 0. The number of carbonyl (C=O) groups is 1. The van der Waals surface area contributed by atoms with Crippen LogP contribution in [0.25, 0.3) is 6.08 Å². The van der Waals surface area contributed by atoms with Crippen LogP contribution in [0.1, 0.15) is 16.8 Å². The summed E-state index contributed by atoms with van der Waals surface area (Å²) in [6.45, 7) is 1.96. The van der Waals surface area contributed by atoms with E-state index < -0.39 is 5.97 Å². The molecule has 0 spiro atoms. The van der Waals surface area contributed by atoms with Crippen LogP contribution < -0.4 is 0 Å². The highest BCUT2D eigenvalue weighted by Gasteiger charge is 2.25. The first-order chi connectivity index (χ1) is 9.65. The molecule has 1 aromatic carbocycles. The van der Waals surface area contributed by atoms with Crippen molar-refractivity contribution in [2.45, 2.75) is 6.92 Å². The molecule has 0 radical (unpaired) electrons. The first kappa shape index (κ1) is 12.4. The molecule has 1 aliphatic rings. The monoisotopic (exact) mass is 266 g/mol. The van der Waals surface area contributed by atoms with E-state index in [1.807, 2.05) is 61.1 Å². The number of aryl methyl sites for hydroxylation is 2. The van der Waals surface area contributed by atoms with Gasteiger partial charge in [-0.05, 0) is 36.8 Å². The average Bonchev–Trinajstić information content (AvgIpc) is 2.98. The maximum absolute atomic E-state index is 11.9. The van der Waals surface area contributed by atoms with E-state index in [-0.39, 0.29) is 0 Å². The van der Waals surface area contributed by atoms with Crippen molar-refractivity contribution in [3.8, 4) is 0 Å². The molecule has 2 heterocycles. The van der Waals surface area contributed by atoms with Crippen molar-refractivity contribution < 1.29 is 9.53 Å². The maximum Gasteiger partial charge on any atom is 0.363 e. The molecule has 20 heavy (non-hydrogen) atoms. The molecule has 1 aromatic heterocycles. The van der Waals surface area contributed by atoms with Crippen LogP contribution in [0, 0.1) is 6.92 Å². The van der Waals surface area contributed by atoms with E-state index in [2.05, 4.69) is 4.99 Å². The van der Waals surface area contributed by atoms with Gasteiger partial charge < -0.3 is 9.30 Å². The van der Waals surface area contributed by atoms with E-state index in [1.165, 1.54) is 0 Å². The molecule has 0 saturated carbocycles. The number of hydrogen-bond acceptors (Lipinski definition) is 3. The molecular weight excluding hydrogens is 252 g/mol. The summed E-state index contributed by atoms with van der Waals surface area (Å²) >= 11 is 0. The maximum atomic E-state index is 11.9. The highest BCUT2D eigenvalue weighted by molar-refractivity contribution is 6.13. The molecule has 0 aliphatic carbocycles. The Morgan fingerprint density at radius 2 is 2.00 bits per heavy atom. The van der Waals surface area contributed by atoms with Gasteiger partial charge in [0.1, 0.15) is 0 Å². The minimum absolute atomic E-state index is 0.324. The molecule has 100 valence electrons. The highest BCUT2D eigenvalue weighted by Crippen LogP contribution is 2.20. The number of rotatable bonds is 2. The van der Waals surface area contributed by atoms with Crippen molar-refractivity contribution in [3.05, 3.63) is 65.1 Å². The van der Waals surface area contributed by atoms with Gasteiger partial charge in [-0.15, -0.1) is 0 Å². The molecule has 0 bridgehead atoms. The number of aromatic nitrogens is 1. The van der Waals surface area contributed by atoms with Crippen LogP contribution in [0.4, 0.5) is 0 Å². The molecule has 0 N–H and O–H groups in total. The van der Waals surface area contributed by atoms with E-state index in [0.717, 1.165) is 16.8 Å². The van der Waals surface area contributed by atoms with E-state index in [1.54, 1.807) is 6.08 Å². The Balaban J connectivity index is 2.00. The second-order valence-electron chi connectivity index (χ2n) is 4.69. The Labute approximate surface area is 117 Å². The van der Waals surface area contributed by atoms with Gasteiger partial charge in [-0.25, -0.2) is 9.79 Å². The third-order valence-electron chi connectivity index (χ3n) is 3.26. The molecule has 2 aromatic rings. The molecule has 0 unspecified atom stereocenters. The molecule has 0 atom stereocenters. The smallest absolute Gasteiger partial charge is 0.363 e. The predicted molar refractivity (Wildman–Crippen MR) is 77.2 cm³/mol. The number of ether oxygens (including phenoxy) is 1. The van der Waals surface area contributed by atoms with Crippen LogP contribution in [0.15, 0.2) is 53.3 Å². The van der Waals surface area contributed by atoms with E-state index in [9.17, 15) is 4.79 Å². The van der Waals surface area contributed by atoms with E-state index >= 15 is 0 Å². The van der Waals surface area contributed by atoms with Crippen LogP contribution in [-0.2, 0) is 16.6 Å². The van der Waals surface area contributed by atoms with E-state index in [4.69, 9.17) is 4.74 Å². The summed E-state index contributed by atoms with van der Waals surface area (Å²) in [4.78, 5) is 16.2. The fraction of sp³-hybridized carbons (Fsp3) is 0.125. The minimum atomic E-state index is -0.413. The molecule has 0 saturated heterocycles. The zero-order valence-corrected chi connectivity index (χ0v) is 11.3. The third kappa shape index (κ3) is 2.16. The summed E-state index contributed by atoms with van der Waals surface area (Å²) in [6, 6.07) is 11.5. The SMILES string of the molecule is Cc1ccccc1C1=NC(=Cc2cccn2C)C(=O)O1. The number of carbonyl (C=O) groups excluding carboxylic acids is 1. The van der Waals surface area contributed by atoms with E-state index in [0.29, 0.717) is 11.6 Å². The Morgan fingerprint density at radius 3 is 2.70 bits per heavy atom. The number of aliphatic imine (C=N–C) groups is 1. The first-order valence-electron chi connectivity index (χ1n) is 6.35. The summed E-state index contributed by atoms with van der Waals surface area (Å²) in [6.07, 6.45) is 3.65. The Kier molecular flexibility index (Phi) is 2.99. The lowest BCUT2D eigenvalue weighted by molar-refractivity contribution is -0.129. The third-order valence-corrected chi connectivity index (χ3v) is 3.26. The second kappa shape index (κ2) is 4.81. The average molecular weight is 266 g/mol. The summed E-state index contributed by atoms with van der Waals surface area (Å²) in [5.41, 5.74) is 3.10. The molecule has 1 aliphatic heterocycles. The Hall–Kier alpha value is -2.62. The van der Waals surface area contributed by atoms with Crippen molar-refractivity contribution in [2.75, 3.05) is 0 Å². The number of esters is 1. The fourth-order valence-electron chi connectivity index (χ4n) is 2.10. The summed E-state index contributed by atoms with van der Waals surface area (Å²) in [5.74, 6) is -0.0435. The van der Waals surface area contributed by atoms with Gasteiger partial charge in [-0.3, -0.25) is 0 Å². The largest absolute Gasteiger partial charge is 0.402 e. The fourth-order valence-corrected chi connectivity index (χ4v) is 2.10. The van der Waals surface area contributed by atoms with Crippen molar-refractivity contribution in [1.29, 1.82) is 0 Å². The van der Waals surface area contributed by atoms with Gasteiger partial charge in [0.15, 0.2) is 5.70 Å². The summed E-state index contributed by atoms with van der Waals surface area (Å²) < 4.78 is 7.18. The summed E-state index contributed by atoms with van der Waals surface area (Å²) in [7, 11) is 1.92. The van der Waals surface area contributed by atoms with Crippen molar-refractivity contribution in [1.82, 2.24) is 4.57 Å². The van der Waals surface area contributed by atoms with Crippen LogP contribution in [-0.4, -0.2) is 16.4 Å². The Morgan fingerprint density at radius 1 is 1.20 bits per heavy atom. The topological polar surface area (TPSA) is 43.6 Å². The zero-order valence-electron chi connectivity index (χ0n) is 11.3. The van der Waals surface area contributed by atoms with Crippen LogP contribution in [0.5, 0.6) is 0 Å². The van der Waals surface area contributed by atoms with Crippen molar-refractivity contribution >= 4 is 17.9 Å². The van der Waals surface area contributed by atoms with Gasteiger partial charge in [0.25, 0.3) is 0 Å². The Bertz CT molecular complexity index is 738. The molecule has 4 nitrogen and oxygen atoms in total. The van der Waals surface area contributed by atoms with Crippen molar-refractivity contribution in [2.24, 2.45) is 12.0 Å². The molecule has 0 amide bonds. The van der Waals surface area contributed by atoms with Gasteiger partial charge in [0.2, 0.25) is 5.90 Å². The van der Waals surface area contributed by atoms with Gasteiger partial charge >= 0.3 is 5.97 Å². The molecular formula is C16H14N2O2. The standard InChI is InChI=1S/C16H14N2O2/c1-11-6-3-4-8-13(11)15-17-14(16(19)20-15)10-12-7-5-9-18(12)2/h3-10H,1-2H3. The summed E-state index contributed by atoms with van der Waals surface area (Å²) in [5, 5.41) is 0. The quantitative estimate of drug-likeness (QED) is 0.619. The normalized spacial score (nSPS) is 16.4. The van der Waals surface area contributed by atoms with Crippen LogP contribution in [0.3, 0.4) is 0 Å². The lowest BCUT2D eigenvalue weighted by atomic mass is 10.1. The molecule has 0 fully saturated rings. The van der Waals surface area contributed by atoms with Gasteiger partial charge in [-0.1, -0.05) is 18.2 Å². The lowest BCUT2D eigenvalue weighted by Crippen LogP contribution is -2.06. The van der Waals surface area contributed by atoms with Crippen molar-refractivity contribution in [3.63, 3.8) is 0 Å². The first-order valence-corrected chi connectivity index (χ1v) is 6.35. The zero-order chi connectivity index (χ0) is 14.1. The lowest BCUT2D eigenvalue weighted by Gasteiger charge is -2.02. The van der Waals surface area contributed by atoms with Gasteiger partial charge in [0.05, 0.1) is 0 Å².